The zero-order valence-corrected chi connectivity index (χ0v) is 10.7. The predicted molar refractivity (Wildman–Crippen MR) is 68.8 cm³/mol. The molecule has 0 amide bonds. The number of aliphatic carboxylic acids is 1. The maximum absolute atomic E-state index is 10.8. The second-order valence-electron chi connectivity index (χ2n) is 5.13. The summed E-state index contributed by atoms with van der Waals surface area (Å²) in [5.41, 5.74) is 7.96. The molecule has 1 atom stereocenters. The van der Waals surface area contributed by atoms with Gasteiger partial charge in [-0.25, -0.2) is 0 Å². The van der Waals surface area contributed by atoms with E-state index in [1.807, 2.05) is 38.1 Å². The molecule has 94 valence electrons. The Labute approximate surface area is 103 Å². The van der Waals surface area contributed by atoms with E-state index < -0.39 is 11.4 Å². The predicted octanol–water partition coefficient (Wildman–Crippen LogP) is 2.75. The van der Waals surface area contributed by atoms with Gasteiger partial charge in [0.05, 0.1) is 6.42 Å². The van der Waals surface area contributed by atoms with Crippen molar-refractivity contribution in [2.75, 3.05) is 0 Å². The molecule has 1 aromatic carbocycles. The Morgan fingerprint density at radius 3 is 2.29 bits per heavy atom. The van der Waals surface area contributed by atoms with Gasteiger partial charge in [0.15, 0.2) is 0 Å². The number of hydrogen-bond acceptors (Lipinski definition) is 2. The summed E-state index contributed by atoms with van der Waals surface area (Å²) < 4.78 is 0. The molecular formula is C14H21NO2. The standard InChI is InChI=1S/C14H21NO2/c1-4-10-5-7-11(8-6-10)13(15)14(2,3)9-12(16)17/h5-8,13H,4,9,15H2,1-3H3,(H,16,17). The molecule has 3 nitrogen and oxygen atoms in total. The second-order valence-corrected chi connectivity index (χ2v) is 5.13. The van der Waals surface area contributed by atoms with Gasteiger partial charge in [0, 0.05) is 6.04 Å². The van der Waals surface area contributed by atoms with Crippen LogP contribution in [0.3, 0.4) is 0 Å². The van der Waals surface area contributed by atoms with E-state index in [4.69, 9.17) is 10.8 Å². The first kappa shape index (κ1) is 13.7. The van der Waals surface area contributed by atoms with E-state index in [9.17, 15) is 4.79 Å². The molecule has 1 rings (SSSR count). The van der Waals surface area contributed by atoms with Gasteiger partial charge in [0.2, 0.25) is 0 Å². The lowest BCUT2D eigenvalue weighted by molar-refractivity contribution is -0.139. The molecule has 0 radical (unpaired) electrons. The summed E-state index contributed by atoms with van der Waals surface area (Å²) in [6, 6.07) is 7.82. The minimum absolute atomic E-state index is 0.0731. The lowest BCUT2D eigenvalue weighted by Crippen LogP contribution is -2.31. The molecule has 3 heteroatoms. The average molecular weight is 235 g/mol. The lowest BCUT2D eigenvalue weighted by atomic mass is 9.78. The Morgan fingerprint density at radius 2 is 1.88 bits per heavy atom. The molecule has 0 aliphatic heterocycles. The second kappa shape index (κ2) is 5.32. The zero-order valence-electron chi connectivity index (χ0n) is 10.7. The number of rotatable bonds is 5. The van der Waals surface area contributed by atoms with E-state index >= 15 is 0 Å². The molecule has 17 heavy (non-hydrogen) atoms. The first-order valence-electron chi connectivity index (χ1n) is 5.93. The average Bonchev–Trinajstić information content (AvgIpc) is 2.26. The number of nitrogens with two attached hydrogens (primary N) is 1. The van der Waals surface area contributed by atoms with Crippen LogP contribution in [0.25, 0.3) is 0 Å². The van der Waals surface area contributed by atoms with Crippen LogP contribution in [0.1, 0.15) is 44.4 Å². The Bertz CT molecular complexity index is 382. The molecule has 0 bridgehead atoms. The van der Waals surface area contributed by atoms with Crippen LogP contribution in [-0.2, 0) is 11.2 Å². The third-order valence-corrected chi connectivity index (χ3v) is 3.20. The molecule has 3 N–H and O–H groups in total. The molecule has 0 aromatic heterocycles. The SMILES string of the molecule is CCc1ccc(C(N)C(C)(C)CC(=O)O)cc1. The fourth-order valence-corrected chi connectivity index (χ4v) is 1.91. The van der Waals surface area contributed by atoms with Crippen molar-refractivity contribution in [1.29, 1.82) is 0 Å². The Kier molecular flexibility index (Phi) is 4.29. The number of benzene rings is 1. The quantitative estimate of drug-likeness (QED) is 0.824. The number of aryl methyl sites for hydroxylation is 1. The van der Waals surface area contributed by atoms with Crippen LogP contribution in [0.5, 0.6) is 0 Å². The number of hydrogen-bond donors (Lipinski definition) is 2. The van der Waals surface area contributed by atoms with Crippen molar-refractivity contribution in [3.05, 3.63) is 35.4 Å². The van der Waals surface area contributed by atoms with Crippen molar-refractivity contribution in [3.63, 3.8) is 0 Å². The highest BCUT2D eigenvalue weighted by atomic mass is 16.4. The minimum Gasteiger partial charge on any atom is -0.481 e. The highest BCUT2D eigenvalue weighted by molar-refractivity contribution is 5.67. The third kappa shape index (κ3) is 3.56. The Balaban J connectivity index is 2.87. The van der Waals surface area contributed by atoms with E-state index in [1.54, 1.807) is 0 Å². The molecular weight excluding hydrogens is 214 g/mol. The van der Waals surface area contributed by atoms with Gasteiger partial charge in [0.1, 0.15) is 0 Å². The first-order chi connectivity index (χ1) is 7.86. The summed E-state index contributed by atoms with van der Waals surface area (Å²) in [6.07, 6.45) is 1.07. The fraction of sp³-hybridized carbons (Fsp3) is 0.500. The van der Waals surface area contributed by atoms with Gasteiger partial charge in [-0.2, -0.15) is 0 Å². The third-order valence-electron chi connectivity index (χ3n) is 3.20. The van der Waals surface area contributed by atoms with Crippen LogP contribution >= 0.6 is 0 Å². The molecule has 0 saturated heterocycles. The van der Waals surface area contributed by atoms with E-state index in [-0.39, 0.29) is 12.5 Å². The van der Waals surface area contributed by atoms with Gasteiger partial charge in [-0.3, -0.25) is 4.79 Å². The van der Waals surface area contributed by atoms with Crippen molar-refractivity contribution in [1.82, 2.24) is 0 Å². The number of carboxylic acid groups (broad SMARTS) is 1. The topological polar surface area (TPSA) is 63.3 Å². The summed E-state index contributed by atoms with van der Waals surface area (Å²) in [4.78, 5) is 10.8. The van der Waals surface area contributed by atoms with Crippen LogP contribution in [0, 0.1) is 5.41 Å². The van der Waals surface area contributed by atoms with Crippen molar-refractivity contribution >= 4 is 5.97 Å². The monoisotopic (exact) mass is 235 g/mol. The van der Waals surface area contributed by atoms with Crippen LogP contribution in [-0.4, -0.2) is 11.1 Å². The summed E-state index contributed by atoms with van der Waals surface area (Å²) in [5, 5.41) is 8.87. The molecule has 0 fully saturated rings. The van der Waals surface area contributed by atoms with Crippen molar-refractivity contribution in [3.8, 4) is 0 Å². The van der Waals surface area contributed by atoms with E-state index in [0.29, 0.717) is 0 Å². The van der Waals surface area contributed by atoms with Gasteiger partial charge >= 0.3 is 5.97 Å². The van der Waals surface area contributed by atoms with Gasteiger partial charge in [-0.05, 0) is 23.0 Å². The maximum atomic E-state index is 10.8. The zero-order chi connectivity index (χ0) is 13.1. The lowest BCUT2D eigenvalue weighted by Gasteiger charge is -2.30. The van der Waals surface area contributed by atoms with Crippen LogP contribution in [0.4, 0.5) is 0 Å². The van der Waals surface area contributed by atoms with Gasteiger partial charge in [-0.1, -0.05) is 45.0 Å². The smallest absolute Gasteiger partial charge is 0.303 e. The molecule has 0 aliphatic rings. The fourth-order valence-electron chi connectivity index (χ4n) is 1.91. The van der Waals surface area contributed by atoms with E-state index in [2.05, 4.69) is 6.92 Å². The summed E-state index contributed by atoms with van der Waals surface area (Å²) in [6.45, 7) is 5.88. The van der Waals surface area contributed by atoms with Gasteiger partial charge in [-0.15, -0.1) is 0 Å². The van der Waals surface area contributed by atoms with Crippen LogP contribution in [0.2, 0.25) is 0 Å². The number of carboxylic acids is 1. The van der Waals surface area contributed by atoms with Crippen LogP contribution < -0.4 is 5.73 Å². The van der Waals surface area contributed by atoms with Crippen LogP contribution in [0.15, 0.2) is 24.3 Å². The van der Waals surface area contributed by atoms with E-state index in [0.717, 1.165) is 12.0 Å². The molecule has 0 saturated carbocycles. The van der Waals surface area contributed by atoms with Crippen molar-refractivity contribution in [2.45, 2.75) is 39.7 Å². The summed E-state index contributed by atoms with van der Waals surface area (Å²) >= 11 is 0. The number of carbonyl (C=O) groups is 1. The molecule has 0 aliphatic carbocycles. The first-order valence-corrected chi connectivity index (χ1v) is 5.93. The van der Waals surface area contributed by atoms with E-state index in [1.165, 1.54) is 5.56 Å². The van der Waals surface area contributed by atoms with Gasteiger partial charge < -0.3 is 10.8 Å². The largest absolute Gasteiger partial charge is 0.481 e. The van der Waals surface area contributed by atoms with Crippen molar-refractivity contribution in [2.24, 2.45) is 11.1 Å². The molecule has 1 aromatic rings. The summed E-state index contributed by atoms with van der Waals surface area (Å²) in [5.74, 6) is -0.810. The highest BCUT2D eigenvalue weighted by Gasteiger charge is 2.30. The Hall–Kier alpha value is -1.35. The summed E-state index contributed by atoms with van der Waals surface area (Å²) in [7, 11) is 0. The molecule has 0 heterocycles. The minimum atomic E-state index is -0.810. The Morgan fingerprint density at radius 1 is 1.35 bits per heavy atom. The molecule has 1 unspecified atom stereocenters. The normalized spacial score (nSPS) is 13.4. The van der Waals surface area contributed by atoms with Crippen molar-refractivity contribution < 1.29 is 9.90 Å². The van der Waals surface area contributed by atoms with Gasteiger partial charge in [0.25, 0.3) is 0 Å². The molecule has 0 spiro atoms. The maximum Gasteiger partial charge on any atom is 0.303 e. The highest BCUT2D eigenvalue weighted by Crippen LogP contribution is 2.34.